The molecule has 1 saturated carbocycles. The molecule has 1 spiro atoms. The Labute approximate surface area is 236 Å². The number of halogens is 6. The van der Waals surface area contributed by atoms with E-state index in [0.717, 1.165) is 56.5 Å². The Kier molecular flexibility index (Phi) is 6.88. The van der Waals surface area contributed by atoms with Crippen molar-refractivity contribution < 1.29 is 36.2 Å². The van der Waals surface area contributed by atoms with Crippen LogP contribution in [0.3, 0.4) is 0 Å². The summed E-state index contributed by atoms with van der Waals surface area (Å²) in [5.74, 6) is -2.90. The number of hydrogen-bond donors (Lipinski definition) is 0. The summed E-state index contributed by atoms with van der Waals surface area (Å²) in [7, 11) is 1.73. The molecule has 0 N–H and O–H groups in total. The second-order valence-corrected chi connectivity index (χ2v) is 11.2. The van der Waals surface area contributed by atoms with E-state index in [4.69, 9.17) is 25.8 Å². The average Bonchev–Trinajstić information content (AvgIpc) is 3.26. The van der Waals surface area contributed by atoms with Crippen molar-refractivity contribution in [3.8, 4) is 17.4 Å². The van der Waals surface area contributed by atoms with Gasteiger partial charge in [0.15, 0.2) is 17.4 Å². The molecule has 1 aliphatic carbocycles. The molecule has 2 aliphatic heterocycles. The maximum Gasteiger partial charge on any atom is 0.417 e. The highest BCUT2D eigenvalue weighted by Crippen LogP contribution is 2.53. The predicted molar refractivity (Wildman–Crippen MR) is 139 cm³/mol. The van der Waals surface area contributed by atoms with Gasteiger partial charge in [-0.05, 0) is 67.0 Å². The molecule has 13 heteroatoms. The second-order valence-electron chi connectivity index (χ2n) is 10.8. The largest absolute Gasteiger partial charge is 0.473 e. The van der Waals surface area contributed by atoms with Gasteiger partial charge in [-0.1, -0.05) is 11.6 Å². The van der Waals surface area contributed by atoms with Gasteiger partial charge >= 0.3 is 11.9 Å². The standard InChI is InChI=1S/C28H25ClF5N3O4/c1-39-18-11-27(12-18)4-5-36-16(10-27)13-37-24(36)9-23(35-26(37)38)40-14-15-6-21(30)25(22(31)7-15)41-17-2-3-20(29)19(8-17)28(32,33)34/h2-3,6-9,16,18H,4-5,10-14H2,1H3. The number of rotatable bonds is 6. The first-order valence-electron chi connectivity index (χ1n) is 13.0. The van der Waals surface area contributed by atoms with Crippen molar-refractivity contribution in [2.45, 2.75) is 57.2 Å². The topological polar surface area (TPSA) is 65.8 Å². The minimum absolute atomic E-state index is 0.0206. The molecule has 3 heterocycles. The first-order chi connectivity index (χ1) is 19.4. The third kappa shape index (κ3) is 5.23. The Morgan fingerprint density at radius 1 is 1.10 bits per heavy atom. The summed E-state index contributed by atoms with van der Waals surface area (Å²) >= 11 is 5.59. The molecule has 218 valence electrons. The van der Waals surface area contributed by atoms with E-state index >= 15 is 0 Å². The Morgan fingerprint density at radius 2 is 1.83 bits per heavy atom. The van der Waals surface area contributed by atoms with E-state index in [1.807, 2.05) is 0 Å². The van der Waals surface area contributed by atoms with E-state index in [2.05, 4.69) is 9.88 Å². The molecule has 0 amide bonds. The number of piperidine rings is 1. The summed E-state index contributed by atoms with van der Waals surface area (Å²) in [6.45, 7) is 1.02. The van der Waals surface area contributed by atoms with Crippen molar-refractivity contribution in [2.75, 3.05) is 18.6 Å². The van der Waals surface area contributed by atoms with Crippen LogP contribution < -0.4 is 20.1 Å². The highest BCUT2D eigenvalue weighted by Gasteiger charge is 2.50. The molecule has 7 nitrogen and oxygen atoms in total. The minimum Gasteiger partial charge on any atom is -0.473 e. The molecule has 6 rings (SSSR count). The van der Waals surface area contributed by atoms with Gasteiger partial charge in [-0.15, -0.1) is 0 Å². The summed E-state index contributed by atoms with van der Waals surface area (Å²) in [5.41, 5.74) is -1.35. The van der Waals surface area contributed by atoms with Gasteiger partial charge in [0, 0.05) is 32.3 Å². The van der Waals surface area contributed by atoms with Crippen LogP contribution in [0, 0.1) is 17.0 Å². The summed E-state index contributed by atoms with van der Waals surface area (Å²) in [4.78, 5) is 19.0. The summed E-state index contributed by atoms with van der Waals surface area (Å²) < 4.78 is 86.7. The van der Waals surface area contributed by atoms with Crippen molar-refractivity contribution in [3.05, 3.63) is 74.7 Å². The van der Waals surface area contributed by atoms with Crippen molar-refractivity contribution >= 4 is 17.4 Å². The third-order valence-electron chi connectivity index (χ3n) is 8.21. The molecule has 3 aromatic rings. The van der Waals surface area contributed by atoms with E-state index in [-0.39, 0.29) is 29.5 Å². The normalized spacial score (nSPS) is 23.2. The molecule has 2 fully saturated rings. The van der Waals surface area contributed by atoms with E-state index < -0.39 is 45.6 Å². The second kappa shape index (κ2) is 10.2. The Balaban J connectivity index is 1.14. The first-order valence-corrected chi connectivity index (χ1v) is 13.4. The van der Waals surface area contributed by atoms with Crippen LogP contribution in [0.2, 0.25) is 5.02 Å². The number of benzene rings is 2. The van der Waals surface area contributed by atoms with Gasteiger partial charge in [0.2, 0.25) is 5.88 Å². The predicted octanol–water partition coefficient (Wildman–Crippen LogP) is 6.34. The smallest absolute Gasteiger partial charge is 0.417 e. The van der Waals surface area contributed by atoms with Gasteiger partial charge in [0.1, 0.15) is 18.2 Å². The van der Waals surface area contributed by atoms with Gasteiger partial charge < -0.3 is 19.1 Å². The third-order valence-corrected chi connectivity index (χ3v) is 8.54. The summed E-state index contributed by atoms with van der Waals surface area (Å²) in [6.07, 6.45) is -0.469. The maximum absolute atomic E-state index is 14.8. The quantitative estimate of drug-likeness (QED) is 0.309. The number of hydrogen-bond acceptors (Lipinski definition) is 6. The zero-order valence-corrected chi connectivity index (χ0v) is 22.6. The van der Waals surface area contributed by atoms with Crippen LogP contribution in [0.5, 0.6) is 17.4 Å². The van der Waals surface area contributed by atoms with Gasteiger partial charge in [0.05, 0.1) is 16.7 Å². The van der Waals surface area contributed by atoms with Crippen LogP contribution in [0.15, 0.2) is 41.2 Å². The van der Waals surface area contributed by atoms with Crippen LogP contribution in [0.25, 0.3) is 0 Å². The fraction of sp³-hybridized carbons (Fsp3) is 0.429. The molecule has 0 bridgehead atoms. The van der Waals surface area contributed by atoms with Crippen LogP contribution >= 0.6 is 11.6 Å². The summed E-state index contributed by atoms with van der Waals surface area (Å²) in [6, 6.07) is 6.26. The number of alkyl halides is 3. The zero-order valence-electron chi connectivity index (χ0n) is 21.8. The van der Waals surface area contributed by atoms with Crippen LogP contribution in [-0.2, 0) is 24.1 Å². The molecule has 1 saturated heterocycles. The minimum atomic E-state index is -4.77. The fourth-order valence-corrected chi connectivity index (χ4v) is 6.41. The number of fused-ring (bicyclic) bond motifs is 3. The van der Waals surface area contributed by atoms with E-state index in [1.165, 1.54) is 0 Å². The van der Waals surface area contributed by atoms with Crippen LogP contribution in [0.1, 0.15) is 36.8 Å². The fourth-order valence-electron chi connectivity index (χ4n) is 6.18. The van der Waals surface area contributed by atoms with Crippen molar-refractivity contribution in [2.24, 2.45) is 5.41 Å². The Bertz CT molecular complexity index is 1530. The number of anilines is 1. The molecule has 1 unspecified atom stereocenters. The van der Waals surface area contributed by atoms with Crippen molar-refractivity contribution in [3.63, 3.8) is 0 Å². The van der Waals surface area contributed by atoms with Gasteiger partial charge in [-0.3, -0.25) is 4.57 Å². The van der Waals surface area contributed by atoms with E-state index in [0.29, 0.717) is 24.5 Å². The molecule has 41 heavy (non-hydrogen) atoms. The van der Waals surface area contributed by atoms with Gasteiger partial charge in [-0.2, -0.15) is 18.2 Å². The van der Waals surface area contributed by atoms with Crippen molar-refractivity contribution in [1.29, 1.82) is 0 Å². The van der Waals surface area contributed by atoms with Crippen molar-refractivity contribution in [1.82, 2.24) is 9.55 Å². The number of methoxy groups -OCH3 is 1. The van der Waals surface area contributed by atoms with E-state index in [9.17, 15) is 26.7 Å². The Morgan fingerprint density at radius 3 is 2.51 bits per heavy atom. The molecule has 1 atom stereocenters. The molecule has 0 radical (unpaired) electrons. The zero-order chi connectivity index (χ0) is 29.1. The number of nitrogens with zero attached hydrogens (tertiary/aromatic N) is 3. The molecular formula is C28H25ClF5N3O4. The Hall–Kier alpha value is -3.38. The monoisotopic (exact) mass is 597 g/mol. The van der Waals surface area contributed by atoms with Gasteiger partial charge in [-0.25, -0.2) is 13.6 Å². The molecular weight excluding hydrogens is 573 g/mol. The van der Waals surface area contributed by atoms with Crippen LogP contribution in [0.4, 0.5) is 27.8 Å². The summed E-state index contributed by atoms with van der Waals surface area (Å²) in [5, 5.41) is -0.573. The lowest BCUT2D eigenvalue weighted by Crippen LogP contribution is -2.53. The molecule has 3 aliphatic rings. The number of aromatic nitrogens is 2. The number of ether oxygens (including phenoxy) is 3. The lowest BCUT2D eigenvalue weighted by Gasteiger charge is -2.53. The van der Waals surface area contributed by atoms with Gasteiger partial charge in [0.25, 0.3) is 0 Å². The highest BCUT2D eigenvalue weighted by molar-refractivity contribution is 6.31. The molecule has 1 aromatic heterocycles. The van der Waals surface area contributed by atoms with Crippen LogP contribution in [-0.4, -0.2) is 35.4 Å². The lowest BCUT2D eigenvalue weighted by molar-refractivity contribution is -0.137. The highest BCUT2D eigenvalue weighted by atomic mass is 35.5. The SMILES string of the molecule is COC1CC2(CCN3c4cc(OCc5cc(F)c(Oc6ccc(Cl)c(C(F)(F)F)c6)c(F)c5)nc(=O)n4CC3C2)C1. The maximum atomic E-state index is 14.8. The lowest BCUT2D eigenvalue weighted by atomic mass is 9.60. The molecule has 2 aromatic carbocycles. The van der Waals surface area contributed by atoms with E-state index in [1.54, 1.807) is 17.7 Å². The first kappa shape index (κ1) is 27.8. The average molecular weight is 598 g/mol.